The topological polar surface area (TPSA) is 81.4 Å². The van der Waals surface area contributed by atoms with Crippen LogP contribution in [-0.4, -0.2) is 18.5 Å². The lowest BCUT2D eigenvalue weighted by molar-refractivity contribution is -0.119. The van der Waals surface area contributed by atoms with E-state index in [4.69, 9.17) is 10.5 Å². The molecule has 0 aliphatic carbocycles. The van der Waals surface area contributed by atoms with Gasteiger partial charge in [-0.3, -0.25) is 4.79 Å². The number of esters is 1. The second kappa shape index (κ2) is 6.36. The lowest BCUT2D eigenvalue weighted by Gasteiger charge is -2.05. The van der Waals surface area contributed by atoms with Crippen LogP contribution in [0.3, 0.4) is 0 Å². The Hall–Kier alpha value is -2.41. The van der Waals surface area contributed by atoms with Gasteiger partial charge in [-0.05, 0) is 31.2 Å². The Morgan fingerprint density at radius 2 is 2.14 bits per heavy atom. The van der Waals surface area contributed by atoms with Crippen molar-refractivity contribution in [3.8, 4) is 0 Å². The van der Waals surface area contributed by atoms with E-state index in [1.54, 1.807) is 6.92 Å². The summed E-state index contributed by atoms with van der Waals surface area (Å²) in [4.78, 5) is 24.5. The Balaban J connectivity index is 1.88. The molecule has 7 heteroatoms. The molecule has 110 valence electrons. The minimum absolute atomic E-state index is 0.298. The van der Waals surface area contributed by atoms with Gasteiger partial charge in [-0.15, -0.1) is 11.3 Å². The number of nitrogens with one attached hydrogen (secondary N) is 1. The Morgan fingerprint density at radius 3 is 2.76 bits per heavy atom. The standard InChI is InChI=1S/C14H13FN2O3S/c1-8-11(16)6-12(21-8)14(19)20-7-13(18)17-10-4-2-3-9(15)5-10/h2-6H,7,16H2,1H3,(H,17,18). The molecule has 0 saturated heterocycles. The van der Waals surface area contributed by atoms with Crippen molar-refractivity contribution in [3.05, 3.63) is 45.9 Å². The monoisotopic (exact) mass is 308 g/mol. The fraction of sp³-hybridized carbons (Fsp3) is 0.143. The molecule has 0 bridgehead atoms. The summed E-state index contributed by atoms with van der Waals surface area (Å²) in [6.07, 6.45) is 0. The van der Waals surface area contributed by atoms with Crippen molar-refractivity contribution in [1.29, 1.82) is 0 Å². The van der Waals surface area contributed by atoms with Crippen LogP contribution in [0.15, 0.2) is 30.3 Å². The van der Waals surface area contributed by atoms with Gasteiger partial charge in [0.25, 0.3) is 5.91 Å². The van der Waals surface area contributed by atoms with E-state index < -0.39 is 24.3 Å². The molecule has 1 amide bonds. The number of carbonyl (C=O) groups is 2. The van der Waals surface area contributed by atoms with Gasteiger partial charge in [0.15, 0.2) is 6.61 Å². The number of hydrogen-bond acceptors (Lipinski definition) is 5. The number of nitrogen functional groups attached to an aromatic ring is 1. The number of anilines is 2. The van der Waals surface area contributed by atoms with Crippen LogP contribution < -0.4 is 11.1 Å². The fourth-order valence-corrected chi connectivity index (χ4v) is 2.40. The second-order valence-electron chi connectivity index (χ2n) is 4.26. The number of ether oxygens (including phenoxy) is 1. The maximum atomic E-state index is 12.9. The van der Waals surface area contributed by atoms with E-state index in [-0.39, 0.29) is 0 Å². The quantitative estimate of drug-likeness (QED) is 0.851. The Bertz CT molecular complexity index is 665. The summed E-state index contributed by atoms with van der Waals surface area (Å²) in [5, 5.41) is 2.43. The van der Waals surface area contributed by atoms with Crippen LogP contribution >= 0.6 is 11.3 Å². The van der Waals surface area contributed by atoms with Crippen LogP contribution in [-0.2, 0) is 9.53 Å². The first-order valence-corrected chi connectivity index (χ1v) is 6.86. The van der Waals surface area contributed by atoms with E-state index in [0.717, 1.165) is 4.88 Å². The number of halogens is 1. The van der Waals surface area contributed by atoms with Gasteiger partial charge in [0.2, 0.25) is 0 Å². The number of rotatable bonds is 4. The number of amides is 1. The van der Waals surface area contributed by atoms with E-state index in [9.17, 15) is 14.0 Å². The number of aryl methyl sites for hydroxylation is 1. The molecule has 0 atom stereocenters. The van der Waals surface area contributed by atoms with Crippen LogP contribution in [0.4, 0.5) is 15.8 Å². The molecule has 0 unspecified atom stereocenters. The zero-order valence-electron chi connectivity index (χ0n) is 11.2. The van der Waals surface area contributed by atoms with E-state index >= 15 is 0 Å². The summed E-state index contributed by atoms with van der Waals surface area (Å²) in [7, 11) is 0. The molecule has 0 spiro atoms. The van der Waals surface area contributed by atoms with Gasteiger partial charge in [0.1, 0.15) is 10.7 Å². The molecule has 3 N–H and O–H groups in total. The van der Waals surface area contributed by atoms with Crippen LogP contribution in [0.5, 0.6) is 0 Å². The first-order valence-electron chi connectivity index (χ1n) is 6.04. The zero-order valence-corrected chi connectivity index (χ0v) is 12.0. The van der Waals surface area contributed by atoms with Gasteiger partial charge < -0.3 is 15.8 Å². The molecule has 0 aliphatic rings. The summed E-state index contributed by atoms with van der Waals surface area (Å²) in [5.74, 6) is -1.63. The van der Waals surface area contributed by atoms with Crippen LogP contribution in [0, 0.1) is 12.7 Å². The molecule has 1 aromatic heterocycles. The average molecular weight is 308 g/mol. The minimum Gasteiger partial charge on any atom is -0.451 e. The first kappa shape index (κ1) is 15.0. The largest absolute Gasteiger partial charge is 0.451 e. The highest BCUT2D eigenvalue weighted by atomic mass is 32.1. The zero-order chi connectivity index (χ0) is 15.4. The molecule has 0 saturated carbocycles. The Kier molecular flexibility index (Phi) is 4.54. The highest BCUT2D eigenvalue weighted by molar-refractivity contribution is 7.14. The number of benzene rings is 1. The molecule has 1 aromatic carbocycles. The SMILES string of the molecule is Cc1sc(C(=O)OCC(=O)Nc2cccc(F)c2)cc1N. The van der Waals surface area contributed by atoms with Crippen molar-refractivity contribution >= 4 is 34.6 Å². The molecule has 0 radical (unpaired) electrons. The van der Waals surface area contributed by atoms with Crippen LogP contribution in [0.2, 0.25) is 0 Å². The minimum atomic E-state index is -0.616. The van der Waals surface area contributed by atoms with Crippen molar-refractivity contribution in [1.82, 2.24) is 0 Å². The molecule has 0 fully saturated rings. The van der Waals surface area contributed by atoms with Crippen LogP contribution in [0.1, 0.15) is 14.5 Å². The van der Waals surface area contributed by atoms with Gasteiger partial charge in [0, 0.05) is 16.3 Å². The molecule has 2 aromatic rings. The molecule has 0 aliphatic heterocycles. The molecular weight excluding hydrogens is 295 g/mol. The fourth-order valence-electron chi connectivity index (χ4n) is 1.56. The van der Waals surface area contributed by atoms with Crippen LogP contribution in [0.25, 0.3) is 0 Å². The maximum absolute atomic E-state index is 12.9. The second-order valence-corrected chi connectivity index (χ2v) is 5.51. The van der Waals surface area contributed by atoms with Crippen molar-refractivity contribution in [3.63, 3.8) is 0 Å². The van der Waals surface area contributed by atoms with E-state index in [1.165, 1.54) is 41.7 Å². The summed E-state index contributed by atoms with van der Waals surface area (Å²) < 4.78 is 17.8. The van der Waals surface area contributed by atoms with E-state index in [0.29, 0.717) is 16.3 Å². The normalized spacial score (nSPS) is 10.2. The summed E-state index contributed by atoms with van der Waals surface area (Å²) in [6, 6.07) is 6.94. The van der Waals surface area contributed by atoms with Gasteiger partial charge in [0.05, 0.1) is 0 Å². The number of nitrogens with two attached hydrogens (primary N) is 1. The van der Waals surface area contributed by atoms with Crippen molar-refractivity contribution in [2.24, 2.45) is 0 Å². The molecule has 5 nitrogen and oxygen atoms in total. The third-order valence-corrected chi connectivity index (χ3v) is 3.65. The third-order valence-electron chi connectivity index (χ3n) is 2.60. The lowest BCUT2D eigenvalue weighted by Crippen LogP contribution is -2.20. The summed E-state index contributed by atoms with van der Waals surface area (Å²) in [6.45, 7) is 1.33. The van der Waals surface area contributed by atoms with Crippen molar-refractivity contribution in [2.75, 3.05) is 17.7 Å². The Morgan fingerprint density at radius 1 is 1.38 bits per heavy atom. The predicted octanol–water partition coefficient (Wildman–Crippen LogP) is 2.57. The van der Waals surface area contributed by atoms with E-state index in [1.807, 2.05) is 0 Å². The molecule has 21 heavy (non-hydrogen) atoms. The lowest BCUT2D eigenvalue weighted by atomic mass is 10.3. The number of carbonyl (C=O) groups excluding carboxylic acids is 2. The van der Waals surface area contributed by atoms with Gasteiger partial charge in [-0.2, -0.15) is 0 Å². The highest BCUT2D eigenvalue weighted by Crippen LogP contribution is 2.23. The smallest absolute Gasteiger partial charge is 0.348 e. The van der Waals surface area contributed by atoms with Gasteiger partial charge in [-0.1, -0.05) is 6.07 Å². The summed E-state index contributed by atoms with van der Waals surface area (Å²) in [5.41, 5.74) is 6.45. The molecule has 1 heterocycles. The third kappa shape index (κ3) is 4.03. The first-order chi connectivity index (χ1) is 9.95. The predicted molar refractivity (Wildman–Crippen MR) is 78.8 cm³/mol. The van der Waals surface area contributed by atoms with Crippen molar-refractivity contribution in [2.45, 2.75) is 6.92 Å². The van der Waals surface area contributed by atoms with Gasteiger partial charge >= 0.3 is 5.97 Å². The molecular formula is C14H13FN2O3S. The Labute approximate surface area is 124 Å². The number of hydrogen-bond donors (Lipinski definition) is 2. The highest BCUT2D eigenvalue weighted by Gasteiger charge is 2.14. The van der Waals surface area contributed by atoms with Gasteiger partial charge in [-0.25, -0.2) is 9.18 Å². The molecule has 2 rings (SSSR count). The maximum Gasteiger partial charge on any atom is 0.348 e. The number of thiophene rings is 1. The average Bonchev–Trinajstić information content (AvgIpc) is 2.76. The van der Waals surface area contributed by atoms with Crippen molar-refractivity contribution < 1.29 is 18.7 Å². The van der Waals surface area contributed by atoms with E-state index in [2.05, 4.69) is 5.32 Å². The summed E-state index contributed by atoms with van der Waals surface area (Å²) >= 11 is 1.20.